The van der Waals surface area contributed by atoms with E-state index >= 15 is 0 Å². The molecule has 2 aromatic rings. The fraction of sp³-hybridized carbons (Fsp3) is 0.500. The van der Waals surface area contributed by atoms with Crippen LogP contribution in [0.1, 0.15) is 36.7 Å². The van der Waals surface area contributed by atoms with Gasteiger partial charge in [0, 0.05) is 38.3 Å². The van der Waals surface area contributed by atoms with Crippen LogP contribution in [-0.4, -0.2) is 50.2 Å². The molecule has 0 saturated carbocycles. The second-order valence-electron chi connectivity index (χ2n) is 7.01. The lowest BCUT2D eigenvalue weighted by molar-refractivity contribution is -0.192. The quantitative estimate of drug-likeness (QED) is 0.793. The van der Waals surface area contributed by atoms with Crippen LogP contribution in [-0.2, 0) is 29.7 Å². The maximum Gasteiger partial charge on any atom is 0.490 e. The molecule has 0 radical (unpaired) electrons. The first-order valence-electron chi connectivity index (χ1n) is 8.83. The van der Waals surface area contributed by atoms with Crippen molar-refractivity contribution in [1.82, 2.24) is 19.8 Å². The van der Waals surface area contributed by atoms with Gasteiger partial charge in [-0.1, -0.05) is 0 Å². The number of nitrogens with zero attached hydrogens (tertiary/aromatic N) is 3. The molecule has 2 aromatic heterocycles. The Morgan fingerprint density at radius 1 is 1.41 bits per heavy atom. The third kappa shape index (κ3) is 6.08. The number of aryl methyl sites for hydroxylation is 1. The molecular weight excluding hydrogens is 393 g/mol. The second-order valence-corrected chi connectivity index (χ2v) is 7.01. The Morgan fingerprint density at radius 3 is 2.59 bits per heavy atom. The first-order valence-corrected chi connectivity index (χ1v) is 8.83. The van der Waals surface area contributed by atoms with E-state index in [4.69, 9.17) is 14.3 Å². The number of fused-ring (bicyclic) bond motifs is 1. The highest BCUT2D eigenvalue weighted by molar-refractivity contribution is 5.84. The first kappa shape index (κ1) is 22.5. The van der Waals surface area contributed by atoms with Crippen LogP contribution in [0.3, 0.4) is 0 Å². The third-order valence-corrected chi connectivity index (χ3v) is 4.18. The van der Waals surface area contributed by atoms with E-state index in [0.29, 0.717) is 6.54 Å². The molecule has 0 bridgehead atoms. The Morgan fingerprint density at radius 2 is 2.07 bits per heavy atom. The van der Waals surface area contributed by atoms with Gasteiger partial charge >= 0.3 is 12.1 Å². The van der Waals surface area contributed by atoms with Crippen molar-refractivity contribution in [2.45, 2.75) is 45.1 Å². The van der Waals surface area contributed by atoms with Crippen molar-refractivity contribution >= 4 is 11.9 Å². The Hall–Kier alpha value is -2.82. The summed E-state index contributed by atoms with van der Waals surface area (Å²) in [7, 11) is 1.95. The number of amides is 1. The standard InChI is InChI=1S/C16H22N4O2.C2HF3O2/c1-11(2)18-16(21)13-7-20(6-12-4-5-22-9-12)8-14-15(13)19(3)10-17-14;3-2(4,5)1(6)7/h4-5,9-11,13H,6-8H2,1-3H3,(H,18,21);(H,6,7). The van der Waals surface area contributed by atoms with Crippen LogP contribution < -0.4 is 5.32 Å². The molecule has 29 heavy (non-hydrogen) atoms. The minimum absolute atomic E-state index is 0.0664. The number of carboxylic acids is 1. The molecule has 1 amide bonds. The van der Waals surface area contributed by atoms with Crippen LogP contribution in [0.25, 0.3) is 0 Å². The van der Waals surface area contributed by atoms with Gasteiger partial charge in [-0.25, -0.2) is 9.78 Å². The van der Waals surface area contributed by atoms with Gasteiger partial charge < -0.3 is 19.4 Å². The zero-order valence-electron chi connectivity index (χ0n) is 16.2. The molecule has 3 heterocycles. The Balaban J connectivity index is 0.000000370. The van der Waals surface area contributed by atoms with E-state index in [1.165, 1.54) is 0 Å². The van der Waals surface area contributed by atoms with Crippen LogP contribution in [0.2, 0.25) is 0 Å². The number of hydrogen-bond donors (Lipinski definition) is 2. The van der Waals surface area contributed by atoms with E-state index in [9.17, 15) is 18.0 Å². The van der Waals surface area contributed by atoms with Crippen molar-refractivity contribution in [3.8, 4) is 0 Å². The van der Waals surface area contributed by atoms with Crippen LogP contribution in [0.15, 0.2) is 29.3 Å². The lowest BCUT2D eigenvalue weighted by Gasteiger charge is -2.32. The van der Waals surface area contributed by atoms with E-state index in [-0.39, 0.29) is 17.9 Å². The van der Waals surface area contributed by atoms with Gasteiger partial charge in [-0.3, -0.25) is 9.69 Å². The SMILES string of the molecule is CC(C)NC(=O)C1CN(Cc2ccoc2)Cc2ncn(C)c21.O=C(O)C(F)(F)F. The van der Waals surface area contributed by atoms with Gasteiger partial charge in [-0.2, -0.15) is 13.2 Å². The van der Waals surface area contributed by atoms with Gasteiger partial charge in [0.15, 0.2) is 0 Å². The number of carbonyl (C=O) groups is 2. The molecule has 0 aliphatic carbocycles. The van der Waals surface area contributed by atoms with E-state index in [1.807, 2.05) is 31.5 Å². The van der Waals surface area contributed by atoms with Crippen molar-refractivity contribution < 1.29 is 32.3 Å². The molecule has 0 fully saturated rings. The second kappa shape index (κ2) is 9.12. The summed E-state index contributed by atoms with van der Waals surface area (Å²) >= 11 is 0. The monoisotopic (exact) mass is 416 g/mol. The molecule has 0 saturated heterocycles. The van der Waals surface area contributed by atoms with Crippen LogP contribution in [0, 0.1) is 0 Å². The van der Waals surface area contributed by atoms with Gasteiger partial charge in [0.25, 0.3) is 0 Å². The number of rotatable bonds is 4. The molecule has 0 spiro atoms. The maximum atomic E-state index is 12.6. The van der Waals surface area contributed by atoms with Gasteiger partial charge in [0.05, 0.1) is 36.2 Å². The molecule has 0 aromatic carbocycles. The Bertz CT molecular complexity index is 831. The minimum Gasteiger partial charge on any atom is -0.475 e. The topological polar surface area (TPSA) is 101 Å². The number of imidazole rings is 1. The van der Waals surface area contributed by atoms with Crippen molar-refractivity contribution in [2.24, 2.45) is 7.05 Å². The highest BCUT2D eigenvalue weighted by atomic mass is 19.4. The average Bonchev–Trinajstić information content (AvgIpc) is 3.23. The molecule has 8 nitrogen and oxygen atoms in total. The summed E-state index contributed by atoms with van der Waals surface area (Å²) in [6, 6.07) is 2.09. The molecule has 3 rings (SSSR count). The van der Waals surface area contributed by atoms with Crippen LogP contribution >= 0.6 is 0 Å². The predicted molar refractivity (Wildman–Crippen MR) is 95.7 cm³/mol. The summed E-state index contributed by atoms with van der Waals surface area (Å²) < 4.78 is 38.8. The minimum atomic E-state index is -5.08. The molecule has 1 atom stereocenters. The highest BCUT2D eigenvalue weighted by Crippen LogP contribution is 2.28. The normalized spacial score (nSPS) is 16.7. The number of hydrogen-bond acceptors (Lipinski definition) is 5. The van der Waals surface area contributed by atoms with E-state index in [1.54, 1.807) is 18.9 Å². The van der Waals surface area contributed by atoms with E-state index < -0.39 is 12.1 Å². The highest BCUT2D eigenvalue weighted by Gasteiger charge is 2.38. The summed E-state index contributed by atoms with van der Waals surface area (Å²) in [5, 5.41) is 10.1. The molecule has 1 aliphatic rings. The smallest absolute Gasteiger partial charge is 0.475 e. The van der Waals surface area contributed by atoms with Gasteiger partial charge in [-0.15, -0.1) is 0 Å². The zero-order chi connectivity index (χ0) is 21.8. The van der Waals surface area contributed by atoms with Gasteiger partial charge in [-0.05, 0) is 19.9 Å². The summed E-state index contributed by atoms with van der Waals surface area (Å²) in [6.07, 6.45) is 0.132. The fourth-order valence-corrected chi connectivity index (χ4v) is 3.03. The largest absolute Gasteiger partial charge is 0.490 e. The number of halogens is 3. The lowest BCUT2D eigenvalue weighted by Crippen LogP contribution is -2.43. The molecular formula is C18H23F3N4O4. The molecule has 1 unspecified atom stereocenters. The number of carbonyl (C=O) groups excluding carboxylic acids is 1. The van der Waals surface area contributed by atoms with Crippen molar-refractivity contribution in [1.29, 1.82) is 0 Å². The molecule has 1 aliphatic heterocycles. The number of aliphatic carboxylic acids is 1. The first-order chi connectivity index (χ1) is 13.5. The number of nitrogens with one attached hydrogen (secondary N) is 1. The van der Waals surface area contributed by atoms with E-state index in [2.05, 4.69) is 15.2 Å². The predicted octanol–water partition coefficient (Wildman–Crippen LogP) is 2.27. The Kier molecular flexibility index (Phi) is 7.07. The number of carboxylic acid groups (broad SMARTS) is 1. The lowest BCUT2D eigenvalue weighted by atomic mass is 9.96. The van der Waals surface area contributed by atoms with Crippen LogP contribution in [0.4, 0.5) is 13.2 Å². The zero-order valence-corrected chi connectivity index (χ0v) is 16.2. The van der Waals surface area contributed by atoms with Gasteiger partial charge in [0.1, 0.15) is 0 Å². The maximum absolute atomic E-state index is 12.6. The molecule has 2 N–H and O–H groups in total. The summed E-state index contributed by atoms with van der Waals surface area (Å²) in [5.74, 6) is -2.88. The third-order valence-electron chi connectivity index (χ3n) is 4.18. The average molecular weight is 416 g/mol. The van der Waals surface area contributed by atoms with E-state index in [0.717, 1.165) is 30.0 Å². The summed E-state index contributed by atoms with van der Waals surface area (Å²) in [4.78, 5) is 28.2. The summed E-state index contributed by atoms with van der Waals surface area (Å²) in [6.45, 7) is 6.17. The molecule has 160 valence electrons. The van der Waals surface area contributed by atoms with Crippen molar-refractivity contribution in [2.75, 3.05) is 6.54 Å². The number of aromatic nitrogens is 2. The fourth-order valence-electron chi connectivity index (χ4n) is 3.03. The number of alkyl halides is 3. The number of furan rings is 1. The molecule has 11 heteroatoms. The Labute approximate surface area is 165 Å². The van der Waals surface area contributed by atoms with Crippen LogP contribution in [0.5, 0.6) is 0 Å². The van der Waals surface area contributed by atoms with Gasteiger partial charge in [0.2, 0.25) is 5.91 Å². The summed E-state index contributed by atoms with van der Waals surface area (Å²) in [5.41, 5.74) is 3.13. The van der Waals surface area contributed by atoms with Crippen molar-refractivity contribution in [3.05, 3.63) is 41.9 Å². The van der Waals surface area contributed by atoms with Crippen molar-refractivity contribution in [3.63, 3.8) is 0 Å².